The van der Waals surface area contributed by atoms with E-state index in [-0.39, 0.29) is 11.5 Å². The Morgan fingerprint density at radius 2 is 1.74 bits per heavy atom. The highest BCUT2D eigenvalue weighted by molar-refractivity contribution is 5.82. The van der Waals surface area contributed by atoms with Crippen LogP contribution in [-0.2, 0) is 4.74 Å². The molecule has 0 bridgehead atoms. The van der Waals surface area contributed by atoms with Gasteiger partial charge < -0.3 is 9.64 Å². The lowest BCUT2D eigenvalue weighted by Crippen LogP contribution is -2.36. The maximum atomic E-state index is 14.2. The molecule has 2 aromatic carbocycles. The predicted octanol–water partition coefficient (Wildman–Crippen LogP) is 3.69. The minimum absolute atomic E-state index is 0.00376. The highest BCUT2D eigenvalue weighted by Gasteiger charge is 2.15. The van der Waals surface area contributed by atoms with Gasteiger partial charge in [0.25, 0.3) is 0 Å². The smallest absolute Gasteiger partial charge is 0.151 e. The van der Waals surface area contributed by atoms with Crippen LogP contribution in [0.3, 0.4) is 0 Å². The lowest BCUT2D eigenvalue weighted by molar-refractivity contribution is 0.122. The third-order valence-corrected chi connectivity index (χ3v) is 3.59. The van der Waals surface area contributed by atoms with Gasteiger partial charge >= 0.3 is 0 Å². The Labute approximate surface area is 132 Å². The molecule has 0 saturated carbocycles. The van der Waals surface area contributed by atoms with Crippen molar-refractivity contribution in [3.63, 3.8) is 0 Å². The van der Waals surface area contributed by atoms with E-state index in [0.29, 0.717) is 37.6 Å². The summed E-state index contributed by atoms with van der Waals surface area (Å²) >= 11 is 0. The molecule has 0 aliphatic carbocycles. The molecule has 1 aliphatic rings. The molecule has 1 fully saturated rings. The number of benzene rings is 2. The van der Waals surface area contributed by atoms with E-state index in [1.165, 1.54) is 18.3 Å². The van der Waals surface area contributed by atoms with E-state index >= 15 is 0 Å². The van der Waals surface area contributed by atoms with E-state index in [1.807, 2.05) is 4.90 Å². The molecule has 1 heterocycles. The molecule has 0 aromatic heterocycles. The van der Waals surface area contributed by atoms with E-state index in [0.717, 1.165) is 12.1 Å². The standard InChI is InChI=1S/C17H15F3N2O/c18-13-2-3-16(14(19)10-13)21-11-12-1-4-17(15(20)9-12)22-5-7-23-8-6-22/h1-4,9-11H,5-8H2. The first-order chi connectivity index (χ1) is 11.1. The SMILES string of the molecule is Fc1ccc(N=Cc2ccc(N3CCOCC3)c(F)c2)c(F)c1. The number of halogens is 3. The fraction of sp³-hybridized carbons (Fsp3) is 0.235. The second-order valence-corrected chi connectivity index (χ2v) is 5.16. The summed E-state index contributed by atoms with van der Waals surface area (Å²) in [5, 5.41) is 0. The zero-order chi connectivity index (χ0) is 16.2. The van der Waals surface area contributed by atoms with E-state index < -0.39 is 11.6 Å². The summed E-state index contributed by atoms with van der Waals surface area (Å²) in [4.78, 5) is 5.85. The van der Waals surface area contributed by atoms with Crippen LogP contribution < -0.4 is 4.90 Å². The number of anilines is 1. The highest BCUT2D eigenvalue weighted by Crippen LogP contribution is 2.22. The number of hydrogen-bond donors (Lipinski definition) is 0. The number of aliphatic imine (C=N–C) groups is 1. The fourth-order valence-electron chi connectivity index (χ4n) is 2.39. The van der Waals surface area contributed by atoms with Gasteiger partial charge in [0, 0.05) is 25.4 Å². The zero-order valence-corrected chi connectivity index (χ0v) is 12.3. The van der Waals surface area contributed by atoms with E-state index in [9.17, 15) is 13.2 Å². The third-order valence-electron chi connectivity index (χ3n) is 3.59. The molecule has 1 aliphatic heterocycles. The molecule has 0 unspecified atom stereocenters. The first kappa shape index (κ1) is 15.6. The van der Waals surface area contributed by atoms with Crippen LogP contribution in [-0.4, -0.2) is 32.5 Å². The van der Waals surface area contributed by atoms with E-state index in [4.69, 9.17) is 4.74 Å². The summed E-state index contributed by atoms with van der Waals surface area (Å²) in [6.07, 6.45) is 1.35. The molecule has 0 spiro atoms. The van der Waals surface area contributed by atoms with Crippen molar-refractivity contribution < 1.29 is 17.9 Å². The molecule has 1 saturated heterocycles. The average molecular weight is 320 g/mol. The minimum atomic E-state index is -0.758. The fourth-order valence-corrected chi connectivity index (χ4v) is 2.39. The number of ether oxygens (including phenoxy) is 1. The Morgan fingerprint density at radius 1 is 0.957 bits per heavy atom. The van der Waals surface area contributed by atoms with Crippen molar-refractivity contribution in [2.45, 2.75) is 0 Å². The van der Waals surface area contributed by atoms with Crippen molar-refractivity contribution in [2.75, 3.05) is 31.2 Å². The molecule has 0 radical (unpaired) electrons. The van der Waals surface area contributed by atoms with Crippen LogP contribution in [0, 0.1) is 17.5 Å². The molecule has 0 amide bonds. The van der Waals surface area contributed by atoms with Gasteiger partial charge in [-0.25, -0.2) is 13.2 Å². The Kier molecular flexibility index (Phi) is 4.62. The largest absolute Gasteiger partial charge is 0.378 e. The van der Waals surface area contributed by atoms with Gasteiger partial charge in [-0.1, -0.05) is 6.07 Å². The molecule has 2 aromatic rings. The summed E-state index contributed by atoms with van der Waals surface area (Å²) in [6, 6.07) is 7.84. The van der Waals surface area contributed by atoms with Crippen LogP contribution in [0.2, 0.25) is 0 Å². The average Bonchev–Trinajstić information content (AvgIpc) is 2.55. The van der Waals surface area contributed by atoms with Gasteiger partial charge in [0.2, 0.25) is 0 Å². The first-order valence-electron chi connectivity index (χ1n) is 7.25. The maximum absolute atomic E-state index is 14.2. The minimum Gasteiger partial charge on any atom is -0.378 e. The third kappa shape index (κ3) is 3.71. The first-order valence-corrected chi connectivity index (χ1v) is 7.25. The van der Waals surface area contributed by atoms with Gasteiger partial charge in [0.1, 0.15) is 11.6 Å². The monoisotopic (exact) mass is 320 g/mol. The molecule has 3 nitrogen and oxygen atoms in total. The van der Waals surface area contributed by atoms with Gasteiger partial charge in [-0.2, -0.15) is 0 Å². The normalized spacial score (nSPS) is 15.3. The Morgan fingerprint density at radius 3 is 2.43 bits per heavy atom. The van der Waals surface area contributed by atoms with E-state index in [2.05, 4.69) is 4.99 Å². The summed E-state index contributed by atoms with van der Waals surface area (Å²) in [5.74, 6) is -1.79. The lowest BCUT2D eigenvalue weighted by Gasteiger charge is -2.29. The maximum Gasteiger partial charge on any atom is 0.151 e. The molecule has 3 rings (SSSR count). The summed E-state index contributed by atoms with van der Waals surface area (Å²) in [5.41, 5.74) is 1.02. The van der Waals surface area contributed by atoms with Crippen molar-refractivity contribution in [1.82, 2.24) is 0 Å². The second-order valence-electron chi connectivity index (χ2n) is 5.16. The van der Waals surface area contributed by atoms with Crippen LogP contribution in [0.4, 0.5) is 24.5 Å². The van der Waals surface area contributed by atoms with Crippen LogP contribution in [0.1, 0.15) is 5.56 Å². The van der Waals surface area contributed by atoms with Gasteiger partial charge in [-0.15, -0.1) is 0 Å². The van der Waals surface area contributed by atoms with Crippen molar-refractivity contribution >= 4 is 17.6 Å². The molecule has 0 N–H and O–H groups in total. The molecule has 23 heavy (non-hydrogen) atoms. The van der Waals surface area contributed by atoms with Crippen LogP contribution in [0.25, 0.3) is 0 Å². The molecular weight excluding hydrogens is 305 g/mol. The van der Waals surface area contributed by atoms with Gasteiger partial charge in [0.05, 0.1) is 24.6 Å². The molecule has 120 valence electrons. The topological polar surface area (TPSA) is 24.8 Å². The number of nitrogens with zero attached hydrogens (tertiary/aromatic N) is 2. The van der Waals surface area contributed by atoms with E-state index in [1.54, 1.807) is 12.1 Å². The predicted molar refractivity (Wildman–Crippen MR) is 83.0 cm³/mol. The summed E-state index contributed by atoms with van der Waals surface area (Å²) < 4.78 is 45.8. The van der Waals surface area contributed by atoms with Crippen molar-refractivity contribution in [2.24, 2.45) is 4.99 Å². The number of rotatable bonds is 3. The van der Waals surface area contributed by atoms with Gasteiger partial charge in [0.15, 0.2) is 5.82 Å². The quantitative estimate of drug-likeness (QED) is 0.806. The number of hydrogen-bond acceptors (Lipinski definition) is 3. The van der Waals surface area contributed by atoms with Gasteiger partial charge in [-0.05, 0) is 29.8 Å². The van der Waals surface area contributed by atoms with Crippen LogP contribution in [0.5, 0.6) is 0 Å². The van der Waals surface area contributed by atoms with Crippen LogP contribution >= 0.6 is 0 Å². The molecule has 0 atom stereocenters. The lowest BCUT2D eigenvalue weighted by atomic mass is 10.2. The Balaban J connectivity index is 1.78. The number of morpholine rings is 1. The van der Waals surface area contributed by atoms with Crippen LogP contribution in [0.15, 0.2) is 41.4 Å². The van der Waals surface area contributed by atoms with Gasteiger partial charge in [-0.3, -0.25) is 4.99 Å². The highest BCUT2D eigenvalue weighted by atomic mass is 19.1. The summed E-state index contributed by atoms with van der Waals surface area (Å²) in [7, 11) is 0. The van der Waals surface area contributed by atoms with Crippen molar-refractivity contribution in [1.29, 1.82) is 0 Å². The molecular formula is C17H15F3N2O. The summed E-state index contributed by atoms with van der Waals surface area (Å²) in [6.45, 7) is 2.44. The second kappa shape index (κ2) is 6.83. The zero-order valence-electron chi connectivity index (χ0n) is 12.3. The molecule has 6 heteroatoms. The van der Waals surface area contributed by atoms with Crippen molar-refractivity contribution in [3.05, 3.63) is 59.4 Å². The Bertz CT molecular complexity index is 728. The Hall–Kier alpha value is -2.34. The van der Waals surface area contributed by atoms with Crippen molar-refractivity contribution in [3.8, 4) is 0 Å².